The lowest BCUT2D eigenvalue weighted by molar-refractivity contribution is 0.101. The third kappa shape index (κ3) is 3.56. The summed E-state index contributed by atoms with van der Waals surface area (Å²) < 4.78 is 5.67. The second kappa shape index (κ2) is 6.91. The molecular weight excluding hydrogens is 222 g/mol. The highest BCUT2D eigenvalue weighted by Crippen LogP contribution is 2.26. The number of aryl methyl sites for hydroxylation is 1. The van der Waals surface area contributed by atoms with Gasteiger partial charge in [0.1, 0.15) is 0 Å². The van der Waals surface area contributed by atoms with Gasteiger partial charge in [0.2, 0.25) is 0 Å². The Morgan fingerprint density at radius 2 is 2.22 bits per heavy atom. The van der Waals surface area contributed by atoms with E-state index in [1.165, 1.54) is 43.2 Å². The van der Waals surface area contributed by atoms with Gasteiger partial charge >= 0.3 is 0 Å². The van der Waals surface area contributed by atoms with Crippen molar-refractivity contribution in [3.8, 4) is 0 Å². The number of hydrogen-bond donors (Lipinski definition) is 1. The Morgan fingerprint density at radius 1 is 1.39 bits per heavy atom. The number of hydrogen-bond acceptors (Lipinski definition) is 2. The molecule has 2 nitrogen and oxygen atoms in total. The van der Waals surface area contributed by atoms with Gasteiger partial charge in [-0.2, -0.15) is 0 Å². The molecule has 2 unspecified atom stereocenters. The van der Waals surface area contributed by atoms with Crippen molar-refractivity contribution in [2.75, 3.05) is 13.2 Å². The SMILES string of the molecule is Cc1ccccc1C(CN)CCCC1CCCO1. The van der Waals surface area contributed by atoms with E-state index < -0.39 is 0 Å². The fraction of sp³-hybridized carbons (Fsp3) is 0.625. The van der Waals surface area contributed by atoms with Crippen LogP contribution in [0.5, 0.6) is 0 Å². The van der Waals surface area contributed by atoms with Crippen LogP contribution in [0.2, 0.25) is 0 Å². The van der Waals surface area contributed by atoms with Crippen molar-refractivity contribution < 1.29 is 4.74 Å². The van der Waals surface area contributed by atoms with Gasteiger partial charge in [0.05, 0.1) is 6.10 Å². The number of ether oxygens (including phenoxy) is 1. The van der Waals surface area contributed by atoms with Crippen molar-refractivity contribution in [3.63, 3.8) is 0 Å². The summed E-state index contributed by atoms with van der Waals surface area (Å²) in [5.41, 5.74) is 8.73. The highest BCUT2D eigenvalue weighted by Gasteiger charge is 2.17. The molecule has 2 rings (SSSR count). The molecule has 18 heavy (non-hydrogen) atoms. The Kier molecular flexibility index (Phi) is 5.21. The predicted molar refractivity (Wildman–Crippen MR) is 75.8 cm³/mol. The van der Waals surface area contributed by atoms with Crippen LogP contribution in [0.3, 0.4) is 0 Å². The van der Waals surface area contributed by atoms with Gasteiger partial charge in [0.15, 0.2) is 0 Å². The summed E-state index contributed by atoms with van der Waals surface area (Å²) in [7, 11) is 0. The fourth-order valence-corrected chi connectivity index (χ4v) is 2.91. The summed E-state index contributed by atoms with van der Waals surface area (Å²) >= 11 is 0. The molecule has 1 aromatic carbocycles. The molecule has 0 aliphatic carbocycles. The van der Waals surface area contributed by atoms with E-state index in [0.29, 0.717) is 12.0 Å². The molecule has 100 valence electrons. The van der Waals surface area contributed by atoms with E-state index in [4.69, 9.17) is 10.5 Å². The minimum Gasteiger partial charge on any atom is -0.378 e. The second-order valence-corrected chi connectivity index (χ2v) is 5.36. The van der Waals surface area contributed by atoms with Crippen molar-refractivity contribution in [1.29, 1.82) is 0 Å². The first-order chi connectivity index (χ1) is 8.81. The molecule has 2 N–H and O–H groups in total. The summed E-state index contributed by atoms with van der Waals surface area (Å²) in [6, 6.07) is 8.61. The van der Waals surface area contributed by atoms with Crippen LogP contribution in [0.4, 0.5) is 0 Å². The van der Waals surface area contributed by atoms with Crippen LogP contribution in [0, 0.1) is 6.92 Å². The molecule has 1 aliphatic rings. The van der Waals surface area contributed by atoms with Gasteiger partial charge in [-0.25, -0.2) is 0 Å². The van der Waals surface area contributed by atoms with Crippen LogP contribution in [0.25, 0.3) is 0 Å². The van der Waals surface area contributed by atoms with Gasteiger partial charge in [-0.15, -0.1) is 0 Å². The lowest BCUT2D eigenvalue weighted by atomic mass is 9.90. The zero-order chi connectivity index (χ0) is 12.8. The maximum absolute atomic E-state index is 5.94. The minimum atomic E-state index is 0.507. The molecule has 0 aromatic heterocycles. The van der Waals surface area contributed by atoms with E-state index in [2.05, 4.69) is 31.2 Å². The predicted octanol–water partition coefficient (Wildman–Crippen LogP) is 3.39. The van der Waals surface area contributed by atoms with Crippen molar-refractivity contribution >= 4 is 0 Å². The molecule has 2 heteroatoms. The average molecular weight is 247 g/mol. The average Bonchev–Trinajstić information content (AvgIpc) is 2.89. The lowest BCUT2D eigenvalue weighted by Gasteiger charge is -2.18. The summed E-state index contributed by atoms with van der Waals surface area (Å²) in [5, 5.41) is 0. The van der Waals surface area contributed by atoms with Gasteiger partial charge in [0, 0.05) is 6.61 Å². The van der Waals surface area contributed by atoms with Crippen molar-refractivity contribution in [3.05, 3.63) is 35.4 Å². The summed E-state index contributed by atoms with van der Waals surface area (Å²) in [4.78, 5) is 0. The third-order valence-electron chi connectivity index (χ3n) is 4.02. The lowest BCUT2D eigenvalue weighted by Crippen LogP contribution is -2.14. The Balaban J connectivity index is 1.83. The van der Waals surface area contributed by atoms with Crippen LogP contribution in [0.15, 0.2) is 24.3 Å². The zero-order valence-corrected chi connectivity index (χ0v) is 11.4. The quantitative estimate of drug-likeness (QED) is 0.836. The summed E-state index contributed by atoms with van der Waals surface area (Å²) in [6.07, 6.45) is 6.60. The Hall–Kier alpha value is -0.860. The van der Waals surface area contributed by atoms with Gasteiger partial charge in [-0.05, 0) is 56.2 Å². The van der Waals surface area contributed by atoms with Gasteiger partial charge in [-0.3, -0.25) is 0 Å². The zero-order valence-electron chi connectivity index (χ0n) is 11.4. The number of rotatable bonds is 6. The Bertz CT molecular complexity index is 358. The smallest absolute Gasteiger partial charge is 0.0576 e. The molecule has 1 aliphatic heterocycles. The molecule has 1 aromatic rings. The first-order valence-corrected chi connectivity index (χ1v) is 7.18. The molecule has 1 fully saturated rings. The maximum atomic E-state index is 5.94. The van der Waals surface area contributed by atoms with Crippen molar-refractivity contribution in [2.45, 2.75) is 51.0 Å². The summed E-state index contributed by atoms with van der Waals surface area (Å²) in [5.74, 6) is 0.507. The number of benzene rings is 1. The molecule has 0 saturated carbocycles. The van der Waals surface area contributed by atoms with Crippen LogP contribution in [0.1, 0.15) is 49.1 Å². The normalized spacial score (nSPS) is 21.1. The molecule has 2 atom stereocenters. The van der Waals surface area contributed by atoms with Crippen molar-refractivity contribution in [2.24, 2.45) is 5.73 Å². The fourth-order valence-electron chi connectivity index (χ4n) is 2.91. The summed E-state index contributed by atoms with van der Waals surface area (Å²) in [6.45, 7) is 3.89. The monoisotopic (exact) mass is 247 g/mol. The van der Waals surface area contributed by atoms with E-state index in [-0.39, 0.29) is 0 Å². The van der Waals surface area contributed by atoms with Gasteiger partial charge < -0.3 is 10.5 Å². The molecule has 1 saturated heterocycles. The highest BCUT2D eigenvalue weighted by molar-refractivity contribution is 5.29. The highest BCUT2D eigenvalue weighted by atomic mass is 16.5. The molecule has 0 amide bonds. The van der Waals surface area contributed by atoms with Crippen molar-refractivity contribution in [1.82, 2.24) is 0 Å². The van der Waals surface area contributed by atoms with E-state index in [1.807, 2.05) is 0 Å². The maximum Gasteiger partial charge on any atom is 0.0576 e. The third-order valence-corrected chi connectivity index (χ3v) is 4.02. The molecular formula is C16H25NO. The van der Waals surface area contributed by atoms with Crippen LogP contribution < -0.4 is 5.73 Å². The molecule has 0 bridgehead atoms. The Labute approximate surface area is 111 Å². The minimum absolute atomic E-state index is 0.507. The molecule has 1 heterocycles. The van der Waals surface area contributed by atoms with Crippen LogP contribution in [-0.2, 0) is 4.74 Å². The largest absolute Gasteiger partial charge is 0.378 e. The van der Waals surface area contributed by atoms with Crippen LogP contribution >= 0.6 is 0 Å². The number of nitrogens with two attached hydrogens (primary N) is 1. The van der Waals surface area contributed by atoms with Gasteiger partial charge in [-0.1, -0.05) is 30.7 Å². The molecule has 0 spiro atoms. The van der Waals surface area contributed by atoms with E-state index in [9.17, 15) is 0 Å². The molecule has 0 radical (unpaired) electrons. The Morgan fingerprint density at radius 3 is 2.89 bits per heavy atom. The van der Waals surface area contributed by atoms with Crippen LogP contribution in [-0.4, -0.2) is 19.3 Å². The van der Waals surface area contributed by atoms with E-state index in [1.54, 1.807) is 0 Å². The standard InChI is InChI=1S/C16H25NO/c1-13-6-2-3-10-16(13)14(12-17)7-4-8-15-9-5-11-18-15/h2-3,6,10,14-15H,4-5,7-9,11-12,17H2,1H3. The topological polar surface area (TPSA) is 35.2 Å². The van der Waals surface area contributed by atoms with E-state index >= 15 is 0 Å². The van der Waals surface area contributed by atoms with E-state index in [0.717, 1.165) is 13.2 Å². The first-order valence-electron chi connectivity index (χ1n) is 7.18. The first kappa shape index (κ1) is 13.6. The second-order valence-electron chi connectivity index (χ2n) is 5.36. The van der Waals surface area contributed by atoms with Gasteiger partial charge in [0.25, 0.3) is 0 Å².